The molecular formula is C16H21NO3S. The summed E-state index contributed by atoms with van der Waals surface area (Å²) in [6.45, 7) is 6.77. The van der Waals surface area contributed by atoms with Crippen LogP contribution in [0.3, 0.4) is 0 Å². The summed E-state index contributed by atoms with van der Waals surface area (Å²) in [4.78, 5) is 0. The molecule has 114 valence electrons. The van der Waals surface area contributed by atoms with Crippen molar-refractivity contribution in [2.24, 2.45) is 0 Å². The maximum Gasteiger partial charge on any atom is 0.218 e. The summed E-state index contributed by atoms with van der Waals surface area (Å²) in [5.74, 6) is 0.0186. The summed E-state index contributed by atoms with van der Waals surface area (Å²) in [5, 5.41) is 0. The molecule has 0 N–H and O–H groups in total. The van der Waals surface area contributed by atoms with Gasteiger partial charge in [-0.3, -0.25) is 0 Å². The SMILES string of the molecule is C=C(C)CS(=O)(=O)N1CCO[C@]2(CCc3ccccc32)C1. The molecule has 21 heavy (non-hydrogen) atoms. The van der Waals surface area contributed by atoms with Crippen LogP contribution >= 0.6 is 0 Å². The molecule has 1 aromatic carbocycles. The third-order valence-corrected chi connectivity index (χ3v) is 6.24. The number of nitrogens with zero attached hydrogens (tertiary/aromatic N) is 1. The van der Waals surface area contributed by atoms with Crippen molar-refractivity contribution >= 4 is 10.0 Å². The second-order valence-corrected chi connectivity index (χ2v) is 8.02. The quantitative estimate of drug-likeness (QED) is 0.803. The molecule has 4 nitrogen and oxygen atoms in total. The lowest BCUT2D eigenvalue weighted by atomic mass is 9.94. The Morgan fingerprint density at radius 1 is 1.43 bits per heavy atom. The number of sulfonamides is 1. The van der Waals surface area contributed by atoms with Gasteiger partial charge in [0.15, 0.2) is 0 Å². The van der Waals surface area contributed by atoms with Crippen molar-refractivity contribution in [2.75, 3.05) is 25.4 Å². The molecule has 1 heterocycles. The van der Waals surface area contributed by atoms with Gasteiger partial charge in [-0.05, 0) is 30.9 Å². The van der Waals surface area contributed by atoms with E-state index in [9.17, 15) is 8.42 Å². The third kappa shape index (κ3) is 2.65. The lowest BCUT2D eigenvalue weighted by Gasteiger charge is -2.40. The van der Waals surface area contributed by atoms with E-state index in [2.05, 4.69) is 18.7 Å². The van der Waals surface area contributed by atoms with Gasteiger partial charge in [0.2, 0.25) is 10.0 Å². The Hall–Kier alpha value is -1.17. The minimum Gasteiger partial charge on any atom is -0.368 e. The van der Waals surface area contributed by atoms with Gasteiger partial charge in [-0.15, -0.1) is 0 Å². The van der Waals surface area contributed by atoms with E-state index >= 15 is 0 Å². The first-order chi connectivity index (χ1) is 9.93. The molecule has 0 bridgehead atoms. The number of aryl methyl sites for hydroxylation is 1. The van der Waals surface area contributed by atoms with Crippen LogP contribution < -0.4 is 0 Å². The molecule has 2 aliphatic rings. The summed E-state index contributed by atoms with van der Waals surface area (Å²) in [6.07, 6.45) is 1.80. The van der Waals surface area contributed by atoms with Crippen molar-refractivity contribution in [3.8, 4) is 0 Å². The summed E-state index contributed by atoms with van der Waals surface area (Å²) in [6, 6.07) is 8.19. The highest BCUT2D eigenvalue weighted by Gasteiger charge is 2.45. The Balaban J connectivity index is 1.89. The Labute approximate surface area is 126 Å². The fraction of sp³-hybridized carbons (Fsp3) is 0.500. The molecule has 1 spiro atoms. The van der Waals surface area contributed by atoms with Crippen LogP contribution in [0, 0.1) is 0 Å². The number of morpholine rings is 1. The maximum atomic E-state index is 12.5. The van der Waals surface area contributed by atoms with Gasteiger partial charge in [-0.25, -0.2) is 8.42 Å². The molecule has 0 saturated carbocycles. The zero-order chi connectivity index (χ0) is 15.1. The monoisotopic (exact) mass is 307 g/mol. The molecule has 0 aromatic heterocycles. The minimum absolute atomic E-state index is 0.0186. The minimum atomic E-state index is -3.29. The number of hydrogen-bond acceptors (Lipinski definition) is 3. The Bertz CT molecular complexity index is 664. The average molecular weight is 307 g/mol. The Morgan fingerprint density at radius 2 is 2.19 bits per heavy atom. The van der Waals surface area contributed by atoms with Gasteiger partial charge >= 0.3 is 0 Å². The van der Waals surface area contributed by atoms with E-state index in [4.69, 9.17) is 4.74 Å². The van der Waals surface area contributed by atoms with Crippen molar-refractivity contribution in [2.45, 2.75) is 25.4 Å². The van der Waals surface area contributed by atoms with E-state index < -0.39 is 15.6 Å². The molecule has 5 heteroatoms. The lowest BCUT2D eigenvalue weighted by molar-refractivity contribution is -0.0932. The standard InChI is InChI=1S/C16H21NO3S/c1-13(2)11-21(18,19)17-9-10-20-16(12-17)8-7-14-5-3-4-6-15(14)16/h3-6H,1,7-12H2,2H3/t16-/m1/s1. The Kier molecular flexibility index (Phi) is 3.67. The van der Waals surface area contributed by atoms with Crippen LogP contribution in [0.15, 0.2) is 36.4 Å². The molecule has 0 unspecified atom stereocenters. The molecular weight excluding hydrogens is 286 g/mol. The number of fused-ring (bicyclic) bond motifs is 2. The predicted octanol–water partition coefficient (Wildman–Crippen LogP) is 2.07. The van der Waals surface area contributed by atoms with E-state index in [0.29, 0.717) is 25.3 Å². The first kappa shape index (κ1) is 14.8. The van der Waals surface area contributed by atoms with Gasteiger partial charge in [0.05, 0.1) is 12.4 Å². The Morgan fingerprint density at radius 3 is 2.95 bits per heavy atom. The highest BCUT2D eigenvalue weighted by Crippen LogP contribution is 2.42. The van der Waals surface area contributed by atoms with E-state index in [1.807, 2.05) is 12.1 Å². The van der Waals surface area contributed by atoms with Crippen LogP contribution in [0.1, 0.15) is 24.5 Å². The smallest absolute Gasteiger partial charge is 0.218 e. The number of hydrogen-bond donors (Lipinski definition) is 0. The van der Waals surface area contributed by atoms with Crippen LogP contribution in [-0.2, 0) is 26.8 Å². The van der Waals surface area contributed by atoms with Gasteiger partial charge < -0.3 is 4.74 Å². The maximum absolute atomic E-state index is 12.5. The molecule has 1 aliphatic carbocycles. The summed E-state index contributed by atoms with van der Waals surface area (Å²) in [7, 11) is -3.29. The van der Waals surface area contributed by atoms with Crippen molar-refractivity contribution in [3.05, 3.63) is 47.5 Å². The predicted molar refractivity (Wildman–Crippen MR) is 82.6 cm³/mol. The average Bonchev–Trinajstić information content (AvgIpc) is 2.77. The highest BCUT2D eigenvalue weighted by atomic mass is 32.2. The van der Waals surface area contributed by atoms with E-state index in [1.165, 1.54) is 5.56 Å². The van der Waals surface area contributed by atoms with Crippen molar-refractivity contribution < 1.29 is 13.2 Å². The van der Waals surface area contributed by atoms with Crippen LogP contribution in [0.2, 0.25) is 0 Å². The van der Waals surface area contributed by atoms with Gasteiger partial charge in [0.25, 0.3) is 0 Å². The van der Waals surface area contributed by atoms with Gasteiger partial charge in [-0.2, -0.15) is 4.31 Å². The molecule has 0 amide bonds. The number of ether oxygens (including phenoxy) is 1. The van der Waals surface area contributed by atoms with Crippen LogP contribution in [0.4, 0.5) is 0 Å². The molecule has 1 saturated heterocycles. The highest BCUT2D eigenvalue weighted by molar-refractivity contribution is 7.89. The summed E-state index contributed by atoms with van der Waals surface area (Å²) < 4.78 is 32.5. The third-order valence-electron chi connectivity index (χ3n) is 4.28. The first-order valence-corrected chi connectivity index (χ1v) is 8.88. The van der Waals surface area contributed by atoms with Crippen LogP contribution in [0.25, 0.3) is 0 Å². The second kappa shape index (κ2) is 5.23. The molecule has 1 fully saturated rings. The normalized spacial score (nSPS) is 26.0. The van der Waals surface area contributed by atoms with Crippen molar-refractivity contribution in [3.63, 3.8) is 0 Å². The topological polar surface area (TPSA) is 46.6 Å². The number of rotatable bonds is 3. The largest absolute Gasteiger partial charge is 0.368 e. The number of benzene rings is 1. The van der Waals surface area contributed by atoms with Gasteiger partial charge in [0.1, 0.15) is 5.60 Å². The zero-order valence-electron chi connectivity index (χ0n) is 12.3. The lowest BCUT2D eigenvalue weighted by Crippen LogP contribution is -2.51. The van der Waals surface area contributed by atoms with Gasteiger partial charge in [0, 0.05) is 13.1 Å². The molecule has 0 radical (unpaired) electrons. The van der Waals surface area contributed by atoms with Crippen LogP contribution in [-0.4, -0.2) is 38.2 Å². The van der Waals surface area contributed by atoms with E-state index in [-0.39, 0.29) is 5.75 Å². The van der Waals surface area contributed by atoms with Crippen LogP contribution in [0.5, 0.6) is 0 Å². The van der Waals surface area contributed by atoms with E-state index in [0.717, 1.165) is 18.4 Å². The van der Waals surface area contributed by atoms with Crippen molar-refractivity contribution in [1.82, 2.24) is 4.31 Å². The zero-order valence-corrected chi connectivity index (χ0v) is 13.2. The first-order valence-electron chi connectivity index (χ1n) is 7.27. The summed E-state index contributed by atoms with van der Waals surface area (Å²) >= 11 is 0. The fourth-order valence-corrected chi connectivity index (χ4v) is 4.92. The fourth-order valence-electron chi connectivity index (χ4n) is 3.36. The second-order valence-electron chi connectivity index (χ2n) is 6.05. The molecule has 1 atom stereocenters. The summed E-state index contributed by atoms with van der Waals surface area (Å²) in [5.41, 5.74) is 2.64. The van der Waals surface area contributed by atoms with Crippen molar-refractivity contribution in [1.29, 1.82) is 0 Å². The van der Waals surface area contributed by atoms with Gasteiger partial charge in [-0.1, -0.05) is 36.4 Å². The van der Waals surface area contributed by atoms with E-state index in [1.54, 1.807) is 11.2 Å². The molecule has 1 aliphatic heterocycles. The molecule has 3 rings (SSSR count). The molecule has 1 aromatic rings.